The van der Waals surface area contributed by atoms with E-state index in [2.05, 4.69) is 15.6 Å². The molecule has 3 aromatic carbocycles. The molecule has 5 rings (SSSR count). The van der Waals surface area contributed by atoms with Crippen LogP contribution in [0.1, 0.15) is 12.8 Å². The fraction of sp³-hybridized carbons (Fsp3) is 0.160. The van der Waals surface area contributed by atoms with Crippen LogP contribution in [0.25, 0.3) is 22.6 Å². The zero-order chi connectivity index (χ0) is 21.9. The van der Waals surface area contributed by atoms with Crippen LogP contribution in [-0.2, 0) is 9.59 Å². The van der Waals surface area contributed by atoms with Gasteiger partial charge in [0.25, 0.3) is 0 Å². The Bertz CT molecular complexity index is 1230. The van der Waals surface area contributed by atoms with E-state index in [0.717, 1.165) is 40.1 Å². The van der Waals surface area contributed by atoms with Gasteiger partial charge in [-0.25, -0.2) is 4.98 Å². The Kier molecular flexibility index (Phi) is 5.64. The van der Waals surface area contributed by atoms with Crippen LogP contribution in [0.5, 0.6) is 0 Å². The first-order chi connectivity index (χ1) is 15.6. The van der Waals surface area contributed by atoms with E-state index in [4.69, 9.17) is 4.42 Å². The number of nitrogens with one attached hydrogen (secondary N) is 2. The van der Waals surface area contributed by atoms with Crippen molar-refractivity contribution < 1.29 is 14.0 Å². The van der Waals surface area contributed by atoms with Crippen molar-refractivity contribution in [1.29, 1.82) is 0 Å². The molecule has 2 N–H and O–H groups in total. The third kappa shape index (κ3) is 4.84. The molecule has 0 atom stereocenters. The van der Waals surface area contributed by atoms with Crippen LogP contribution >= 0.6 is 11.8 Å². The summed E-state index contributed by atoms with van der Waals surface area (Å²) in [7, 11) is 0. The van der Waals surface area contributed by atoms with Crippen molar-refractivity contribution in [3.05, 3.63) is 72.8 Å². The molecule has 160 valence electrons. The second kappa shape index (κ2) is 8.88. The van der Waals surface area contributed by atoms with Crippen molar-refractivity contribution in [3.63, 3.8) is 0 Å². The van der Waals surface area contributed by atoms with E-state index in [9.17, 15) is 9.59 Å². The molecule has 7 heteroatoms. The standard InChI is InChI=1S/C25H21N3O3S/c29-23(15-32-20-13-11-19(12-14-20)27-24(30)16-5-6-16)26-18-9-7-17(8-10-18)25-28-21-3-1-2-4-22(21)31-25/h1-4,7-14,16H,5-6,15H2,(H,26,29)(H,27,30). The molecular weight excluding hydrogens is 422 g/mol. The van der Waals surface area contributed by atoms with Crippen molar-refractivity contribution >= 4 is 46.1 Å². The molecule has 4 aromatic rings. The molecule has 0 radical (unpaired) electrons. The molecule has 2 amide bonds. The Morgan fingerprint density at radius 2 is 1.59 bits per heavy atom. The molecule has 1 aromatic heterocycles. The van der Waals surface area contributed by atoms with Gasteiger partial charge in [-0.3, -0.25) is 9.59 Å². The van der Waals surface area contributed by atoms with E-state index in [1.807, 2.05) is 72.8 Å². The Morgan fingerprint density at radius 3 is 2.31 bits per heavy atom. The maximum absolute atomic E-state index is 12.3. The van der Waals surface area contributed by atoms with E-state index in [1.165, 1.54) is 11.8 Å². The quantitative estimate of drug-likeness (QED) is 0.365. The lowest BCUT2D eigenvalue weighted by Gasteiger charge is -2.07. The van der Waals surface area contributed by atoms with E-state index in [-0.39, 0.29) is 17.7 Å². The van der Waals surface area contributed by atoms with Crippen molar-refractivity contribution in [1.82, 2.24) is 4.98 Å². The minimum Gasteiger partial charge on any atom is -0.436 e. The van der Waals surface area contributed by atoms with Crippen LogP contribution in [0, 0.1) is 5.92 Å². The van der Waals surface area contributed by atoms with Gasteiger partial charge in [0.15, 0.2) is 5.58 Å². The highest BCUT2D eigenvalue weighted by Crippen LogP contribution is 2.30. The van der Waals surface area contributed by atoms with Crippen LogP contribution in [0.15, 0.2) is 82.1 Å². The number of carbonyl (C=O) groups excluding carboxylic acids is 2. The van der Waals surface area contributed by atoms with Crippen LogP contribution < -0.4 is 10.6 Å². The summed E-state index contributed by atoms with van der Waals surface area (Å²) in [6.07, 6.45) is 1.96. The molecule has 1 aliphatic carbocycles. The summed E-state index contributed by atoms with van der Waals surface area (Å²) >= 11 is 1.45. The monoisotopic (exact) mass is 443 g/mol. The summed E-state index contributed by atoms with van der Waals surface area (Å²) in [6, 6.07) is 22.6. The van der Waals surface area contributed by atoms with Gasteiger partial charge in [-0.15, -0.1) is 11.8 Å². The Labute approximate surface area is 189 Å². The molecule has 1 saturated carbocycles. The molecule has 1 fully saturated rings. The van der Waals surface area contributed by atoms with Crippen molar-refractivity contribution in [2.24, 2.45) is 5.92 Å². The van der Waals surface area contributed by atoms with Crippen LogP contribution in [0.2, 0.25) is 0 Å². The summed E-state index contributed by atoms with van der Waals surface area (Å²) in [5.41, 5.74) is 3.91. The van der Waals surface area contributed by atoms with E-state index in [1.54, 1.807) is 0 Å². The summed E-state index contributed by atoms with van der Waals surface area (Å²) in [5, 5.41) is 5.82. The minimum atomic E-state index is -0.0873. The number of para-hydroxylation sites is 2. The van der Waals surface area contributed by atoms with Gasteiger partial charge in [0.1, 0.15) is 5.52 Å². The largest absolute Gasteiger partial charge is 0.436 e. The molecule has 0 aliphatic heterocycles. The zero-order valence-corrected chi connectivity index (χ0v) is 18.0. The average Bonchev–Trinajstić information content (AvgIpc) is 3.58. The fourth-order valence-electron chi connectivity index (χ4n) is 3.26. The Morgan fingerprint density at radius 1 is 0.906 bits per heavy atom. The minimum absolute atomic E-state index is 0.0873. The first-order valence-electron chi connectivity index (χ1n) is 10.4. The number of rotatable bonds is 7. The normalized spacial score (nSPS) is 13.1. The van der Waals surface area contributed by atoms with Crippen LogP contribution in [0.4, 0.5) is 11.4 Å². The first kappa shape index (κ1) is 20.3. The number of thioether (sulfide) groups is 1. The van der Waals surface area contributed by atoms with Gasteiger partial charge in [0.05, 0.1) is 5.75 Å². The maximum atomic E-state index is 12.3. The number of oxazole rings is 1. The van der Waals surface area contributed by atoms with Crippen LogP contribution in [0.3, 0.4) is 0 Å². The number of fused-ring (bicyclic) bond motifs is 1. The lowest BCUT2D eigenvalue weighted by molar-refractivity contribution is -0.117. The topological polar surface area (TPSA) is 84.2 Å². The number of anilines is 2. The molecule has 0 bridgehead atoms. The van der Waals surface area contributed by atoms with Gasteiger partial charge in [-0.2, -0.15) is 0 Å². The van der Waals surface area contributed by atoms with Gasteiger partial charge in [0.2, 0.25) is 17.7 Å². The van der Waals surface area contributed by atoms with Gasteiger partial charge < -0.3 is 15.1 Å². The average molecular weight is 444 g/mol. The summed E-state index contributed by atoms with van der Waals surface area (Å²) in [6.45, 7) is 0. The third-order valence-electron chi connectivity index (χ3n) is 5.15. The van der Waals surface area contributed by atoms with E-state index in [0.29, 0.717) is 17.3 Å². The molecule has 1 heterocycles. The molecule has 32 heavy (non-hydrogen) atoms. The molecule has 6 nitrogen and oxygen atoms in total. The predicted molar refractivity (Wildman–Crippen MR) is 127 cm³/mol. The second-order valence-corrected chi connectivity index (χ2v) is 8.74. The highest BCUT2D eigenvalue weighted by atomic mass is 32.2. The zero-order valence-electron chi connectivity index (χ0n) is 17.2. The highest BCUT2D eigenvalue weighted by molar-refractivity contribution is 8.00. The number of aromatic nitrogens is 1. The molecule has 0 spiro atoms. The molecule has 1 aliphatic rings. The Balaban J connectivity index is 1.13. The summed E-state index contributed by atoms with van der Waals surface area (Å²) in [5.74, 6) is 1.02. The number of amides is 2. The number of hydrogen-bond acceptors (Lipinski definition) is 5. The summed E-state index contributed by atoms with van der Waals surface area (Å²) in [4.78, 5) is 29.6. The van der Waals surface area contributed by atoms with Crippen molar-refractivity contribution in [3.8, 4) is 11.5 Å². The van der Waals surface area contributed by atoms with Gasteiger partial charge in [0, 0.05) is 27.8 Å². The van der Waals surface area contributed by atoms with E-state index < -0.39 is 0 Å². The molecular formula is C25H21N3O3S. The highest BCUT2D eigenvalue weighted by Gasteiger charge is 2.29. The SMILES string of the molecule is O=C(CSc1ccc(NC(=O)C2CC2)cc1)Nc1ccc(-c2nc3ccccc3o2)cc1. The lowest BCUT2D eigenvalue weighted by atomic mass is 10.2. The lowest BCUT2D eigenvalue weighted by Crippen LogP contribution is -2.14. The third-order valence-corrected chi connectivity index (χ3v) is 6.16. The predicted octanol–water partition coefficient (Wildman–Crippen LogP) is 5.57. The summed E-state index contributed by atoms with van der Waals surface area (Å²) < 4.78 is 5.78. The fourth-order valence-corrected chi connectivity index (χ4v) is 3.96. The number of nitrogens with zero attached hydrogens (tertiary/aromatic N) is 1. The maximum Gasteiger partial charge on any atom is 0.234 e. The number of hydrogen-bond donors (Lipinski definition) is 2. The molecule has 0 unspecified atom stereocenters. The van der Waals surface area contributed by atoms with Gasteiger partial charge >= 0.3 is 0 Å². The second-order valence-electron chi connectivity index (χ2n) is 7.69. The van der Waals surface area contributed by atoms with E-state index >= 15 is 0 Å². The van der Waals surface area contributed by atoms with Crippen LogP contribution in [-0.4, -0.2) is 22.6 Å². The van der Waals surface area contributed by atoms with Crippen molar-refractivity contribution in [2.75, 3.05) is 16.4 Å². The Hall–Kier alpha value is -3.58. The van der Waals surface area contributed by atoms with Gasteiger partial charge in [-0.05, 0) is 73.5 Å². The number of carbonyl (C=O) groups is 2. The first-order valence-corrected chi connectivity index (χ1v) is 11.4. The number of benzene rings is 3. The van der Waals surface area contributed by atoms with Gasteiger partial charge in [-0.1, -0.05) is 12.1 Å². The smallest absolute Gasteiger partial charge is 0.234 e. The molecule has 0 saturated heterocycles. The van der Waals surface area contributed by atoms with Crippen molar-refractivity contribution in [2.45, 2.75) is 17.7 Å².